The predicted octanol–water partition coefficient (Wildman–Crippen LogP) is 2.67. The van der Waals surface area contributed by atoms with Crippen molar-refractivity contribution in [3.63, 3.8) is 0 Å². The normalized spacial score (nSPS) is 20.6. The molecular formula is C10H13ClN2. The lowest BCUT2D eigenvalue weighted by Crippen LogP contribution is -2.22. The fourth-order valence-electron chi connectivity index (χ4n) is 1.75. The summed E-state index contributed by atoms with van der Waals surface area (Å²) in [6.45, 7) is 2.16. The summed E-state index contributed by atoms with van der Waals surface area (Å²) in [4.78, 5) is 0. The summed E-state index contributed by atoms with van der Waals surface area (Å²) in [6, 6.07) is 4.30. The summed E-state index contributed by atoms with van der Waals surface area (Å²) in [5, 5.41) is 4.10. The lowest BCUT2D eigenvalue weighted by Gasteiger charge is -2.25. The summed E-state index contributed by atoms with van der Waals surface area (Å²) in [5.74, 6) is 0. The van der Waals surface area contributed by atoms with E-state index < -0.39 is 0 Å². The maximum Gasteiger partial charge on any atom is 0.0609 e. The van der Waals surface area contributed by atoms with E-state index in [1.54, 1.807) is 6.07 Å². The van der Waals surface area contributed by atoms with Crippen LogP contribution in [-0.2, 0) is 6.42 Å². The zero-order chi connectivity index (χ0) is 9.42. The Morgan fingerprint density at radius 3 is 3.08 bits per heavy atom. The zero-order valence-electron chi connectivity index (χ0n) is 7.60. The Morgan fingerprint density at radius 1 is 1.54 bits per heavy atom. The third-order valence-electron chi connectivity index (χ3n) is 2.45. The topological polar surface area (TPSA) is 38.0 Å². The van der Waals surface area contributed by atoms with E-state index in [1.807, 2.05) is 6.07 Å². The van der Waals surface area contributed by atoms with Gasteiger partial charge in [0.1, 0.15) is 0 Å². The Kier molecular flexibility index (Phi) is 2.08. The molecule has 1 aromatic rings. The Balaban J connectivity index is 2.47. The van der Waals surface area contributed by atoms with Gasteiger partial charge in [0, 0.05) is 11.1 Å². The number of nitrogen functional groups attached to an aromatic ring is 1. The van der Waals surface area contributed by atoms with Crippen LogP contribution in [0.3, 0.4) is 0 Å². The maximum atomic E-state index is 5.91. The van der Waals surface area contributed by atoms with Gasteiger partial charge in [-0.05, 0) is 37.5 Å². The molecule has 0 spiro atoms. The van der Waals surface area contributed by atoms with Gasteiger partial charge in [-0.1, -0.05) is 11.6 Å². The van der Waals surface area contributed by atoms with E-state index in [0.29, 0.717) is 6.04 Å². The highest BCUT2D eigenvalue weighted by molar-refractivity contribution is 6.31. The molecule has 3 heteroatoms. The van der Waals surface area contributed by atoms with Gasteiger partial charge in [0.05, 0.1) is 11.4 Å². The number of nitrogens with one attached hydrogen (secondary N) is 1. The highest BCUT2D eigenvalue weighted by atomic mass is 35.5. The Labute approximate surface area is 83.1 Å². The molecule has 0 aliphatic carbocycles. The highest BCUT2D eigenvalue weighted by Crippen LogP contribution is 2.33. The van der Waals surface area contributed by atoms with Crippen LogP contribution in [-0.4, -0.2) is 6.04 Å². The SMILES string of the molecule is CC1CCc2cc(Cl)cc(N)c2N1. The van der Waals surface area contributed by atoms with Crippen molar-refractivity contribution in [1.82, 2.24) is 0 Å². The van der Waals surface area contributed by atoms with E-state index in [9.17, 15) is 0 Å². The first-order chi connectivity index (χ1) is 6.16. The van der Waals surface area contributed by atoms with Crippen LogP contribution in [0.5, 0.6) is 0 Å². The molecule has 2 rings (SSSR count). The van der Waals surface area contributed by atoms with E-state index in [1.165, 1.54) is 5.56 Å². The number of nitrogens with two attached hydrogens (primary N) is 1. The molecule has 0 radical (unpaired) electrons. The van der Waals surface area contributed by atoms with E-state index in [-0.39, 0.29) is 0 Å². The molecule has 1 aromatic carbocycles. The molecule has 0 bridgehead atoms. The van der Waals surface area contributed by atoms with Crippen molar-refractivity contribution >= 4 is 23.0 Å². The van der Waals surface area contributed by atoms with Crippen molar-refractivity contribution in [2.75, 3.05) is 11.1 Å². The monoisotopic (exact) mass is 196 g/mol. The molecule has 0 aromatic heterocycles. The van der Waals surface area contributed by atoms with Gasteiger partial charge in [0.2, 0.25) is 0 Å². The minimum Gasteiger partial charge on any atom is -0.397 e. The molecule has 0 saturated carbocycles. The molecule has 0 fully saturated rings. The molecule has 1 atom stereocenters. The summed E-state index contributed by atoms with van der Waals surface area (Å²) in [7, 11) is 0. The van der Waals surface area contributed by atoms with Gasteiger partial charge in [-0.15, -0.1) is 0 Å². The smallest absolute Gasteiger partial charge is 0.0609 e. The molecule has 2 nitrogen and oxygen atoms in total. The zero-order valence-corrected chi connectivity index (χ0v) is 8.36. The van der Waals surface area contributed by atoms with E-state index in [2.05, 4.69) is 12.2 Å². The Morgan fingerprint density at radius 2 is 2.31 bits per heavy atom. The van der Waals surface area contributed by atoms with Crippen LogP contribution >= 0.6 is 11.6 Å². The van der Waals surface area contributed by atoms with Crippen molar-refractivity contribution in [2.24, 2.45) is 0 Å². The molecule has 1 unspecified atom stereocenters. The van der Waals surface area contributed by atoms with Gasteiger partial charge < -0.3 is 11.1 Å². The van der Waals surface area contributed by atoms with Crippen LogP contribution in [0.25, 0.3) is 0 Å². The lowest BCUT2D eigenvalue weighted by molar-refractivity contribution is 0.682. The van der Waals surface area contributed by atoms with Crippen LogP contribution in [0.2, 0.25) is 5.02 Å². The van der Waals surface area contributed by atoms with Gasteiger partial charge >= 0.3 is 0 Å². The molecule has 70 valence electrons. The average Bonchev–Trinajstić information content (AvgIpc) is 2.06. The van der Waals surface area contributed by atoms with Crippen molar-refractivity contribution in [2.45, 2.75) is 25.8 Å². The first-order valence-corrected chi connectivity index (χ1v) is 4.89. The molecule has 3 N–H and O–H groups in total. The predicted molar refractivity (Wildman–Crippen MR) is 57.3 cm³/mol. The largest absolute Gasteiger partial charge is 0.397 e. The number of hydrogen-bond acceptors (Lipinski definition) is 2. The average molecular weight is 197 g/mol. The second kappa shape index (κ2) is 3.11. The van der Waals surface area contributed by atoms with Crippen LogP contribution in [0.1, 0.15) is 18.9 Å². The number of benzene rings is 1. The van der Waals surface area contributed by atoms with Crippen LogP contribution in [0, 0.1) is 0 Å². The van der Waals surface area contributed by atoms with Gasteiger partial charge in [-0.2, -0.15) is 0 Å². The van der Waals surface area contributed by atoms with Crippen molar-refractivity contribution < 1.29 is 0 Å². The number of rotatable bonds is 0. The number of hydrogen-bond donors (Lipinski definition) is 2. The van der Waals surface area contributed by atoms with Crippen LogP contribution < -0.4 is 11.1 Å². The van der Waals surface area contributed by atoms with E-state index in [4.69, 9.17) is 17.3 Å². The Hall–Kier alpha value is -0.890. The highest BCUT2D eigenvalue weighted by Gasteiger charge is 2.16. The first-order valence-electron chi connectivity index (χ1n) is 4.51. The summed E-state index contributed by atoms with van der Waals surface area (Å²) < 4.78 is 0. The van der Waals surface area contributed by atoms with Crippen LogP contribution in [0.15, 0.2) is 12.1 Å². The van der Waals surface area contributed by atoms with Crippen molar-refractivity contribution in [3.8, 4) is 0 Å². The summed E-state index contributed by atoms with van der Waals surface area (Å²) >= 11 is 5.91. The second-order valence-electron chi connectivity index (χ2n) is 3.61. The lowest BCUT2D eigenvalue weighted by atomic mass is 9.98. The molecule has 1 aliphatic heterocycles. The quantitative estimate of drug-likeness (QED) is 0.627. The maximum absolute atomic E-state index is 5.91. The minimum absolute atomic E-state index is 0.510. The summed E-state index contributed by atoms with van der Waals surface area (Å²) in [5.41, 5.74) is 8.93. The molecule has 0 amide bonds. The van der Waals surface area contributed by atoms with Crippen molar-refractivity contribution in [3.05, 3.63) is 22.7 Å². The number of halogens is 1. The van der Waals surface area contributed by atoms with Crippen molar-refractivity contribution in [1.29, 1.82) is 0 Å². The minimum atomic E-state index is 0.510. The van der Waals surface area contributed by atoms with Gasteiger partial charge in [-0.3, -0.25) is 0 Å². The van der Waals surface area contributed by atoms with E-state index in [0.717, 1.165) is 29.2 Å². The number of anilines is 2. The summed E-state index contributed by atoms with van der Waals surface area (Å²) in [6.07, 6.45) is 2.21. The fourth-order valence-corrected chi connectivity index (χ4v) is 2.00. The third-order valence-corrected chi connectivity index (χ3v) is 2.67. The fraction of sp³-hybridized carbons (Fsp3) is 0.400. The number of fused-ring (bicyclic) bond motifs is 1. The van der Waals surface area contributed by atoms with E-state index >= 15 is 0 Å². The first kappa shape index (κ1) is 8.70. The van der Waals surface area contributed by atoms with Crippen LogP contribution in [0.4, 0.5) is 11.4 Å². The van der Waals surface area contributed by atoms with Gasteiger partial charge in [0.15, 0.2) is 0 Å². The Bertz CT molecular complexity index is 336. The standard InChI is InChI=1S/C10H13ClN2/c1-6-2-3-7-4-8(11)5-9(12)10(7)13-6/h4-6,13H,2-3,12H2,1H3. The third kappa shape index (κ3) is 1.59. The molecule has 1 heterocycles. The molecule has 0 saturated heterocycles. The second-order valence-corrected chi connectivity index (χ2v) is 4.05. The van der Waals surface area contributed by atoms with Gasteiger partial charge in [-0.25, -0.2) is 0 Å². The van der Waals surface area contributed by atoms with Gasteiger partial charge in [0.25, 0.3) is 0 Å². The molecular weight excluding hydrogens is 184 g/mol. The number of aryl methyl sites for hydroxylation is 1. The molecule has 1 aliphatic rings. The molecule has 13 heavy (non-hydrogen) atoms.